The molecule has 1 aliphatic rings. The molecule has 2 N–H and O–H groups in total. The number of nitrogens with zero attached hydrogens (tertiary/aromatic N) is 1. The summed E-state index contributed by atoms with van der Waals surface area (Å²) in [7, 11) is 0. The molecule has 0 saturated carbocycles. The normalized spacial score (nSPS) is 27.9. The predicted molar refractivity (Wildman–Crippen MR) is 62.5 cm³/mol. The van der Waals surface area contributed by atoms with E-state index in [1.54, 1.807) is 0 Å². The van der Waals surface area contributed by atoms with Gasteiger partial charge in [0.2, 0.25) is 5.91 Å². The summed E-state index contributed by atoms with van der Waals surface area (Å²) in [6.45, 7) is 5.74. The largest absolute Gasteiger partial charge is 0.370 e. The lowest BCUT2D eigenvalue weighted by molar-refractivity contribution is -0.118. The minimum atomic E-state index is -0.172. The van der Waals surface area contributed by atoms with Crippen molar-refractivity contribution in [2.45, 2.75) is 64.5 Å². The second-order valence-corrected chi connectivity index (χ2v) is 4.79. The van der Waals surface area contributed by atoms with Crippen LogP contribution >= 0.6 is 0 Å². The van der Waals surface area contributed by atoms with Gasteiger partial charge in [0.15, 0.2) is 0 Å². The molecule has 0 bridgehead atoms. The number of piperidine rings is 1. The summed E-state index contributed by atoms with van der Waals surface area (Å²) in [6.07, 6.45) is 6.57. The van der Waals surface area contributed by atoms with E-state index in [4.69, 9.17) is 5.73 Å². The maximum atomic E-state index is 10.6. The number of amides is 1. The van der Waals surface area contributed by atoms with Crippen LogP contribution in [0.15, 0.2) is 0 Å². The third-order valence-corrected chi connectivity index (χ3v) is 3.47. The first-order chi connectivity index (χ1) is 7.11. The van der Waals surface area contributed by atoms with Crippen molar-refractivity contribution in [2.24, 2.45) is 5.73 Å². The SMILES string of the molecule is CC1CCCC(C)N1CCCCC(N)=O. The number of carbonyl (C=O) groups is 1. The van der Waals surface area contributed by atoms with Gasteiger partial charge in [0.1, 0.15) is 0 Å². The summed E-state index contributed by atoms with van der Waals surface area (Å²) in [5.74, 6) is -0.172. The van der Waals surface area contributed by atoms with Crippen LogP contribution in [0.5, 0.6) is 0 Å². The lowest BCUT2D eigenvalue weighted by atomic mass is 9.97. The molecule has 0 aromatic heterocycles. The molecule has 3 nitrogen and oxygen atoms in total. The van der Waals surface area contributed by atoms with E-state index in [0.29, 0.717) is 18.5 Å². The first-order valence-electron chi connectivity index (χ1n) is 6.15. The van der Waals surface area contributed by atoms with Crippen molar-refractivity contribution in [3.63, 3.8) is 0 Å². The van der Waals surface area contributed by atoms with Crippen LogP contribution in [0.2, 0.25) is 0 Å². The summed E-state index contributed by atoms with van der Waals surface area (Å²) in [6, 6.07) is 1.42. The average Bonchev–Trinajstić information content (AvgIpc) is 2.15. The summed E-state index contributed by atoms with van der Waals surface area (Å²) >= 11 is 0. The van der Waals surface area contributed by atoms with Crippen molar-refractivity contribution in [2.75, 3.05) is 6.54 Å². The van der Waals surface area contributed by atoms with Gasteiger partial charge in [-0.1, -0.05) is 6.42 Å². The Kier molecular flexibility index (Phi) is 5.09. The number of hydrogen-bond acceptors (Lipinski definition) is 2. The minimum Gasteiger partial charge on any atom is -0.370 e. The molecular formula is C12H24N2O. The zero-order chi connectivity index (χ0) is 11.3. The van der Waals surface area contributed by atoms with Crippen LogP contribution in [0.1, 0.15) is 52.4 Å². The summed E-state index contributed by atoms with van der Waals surface area (Å²) in [5, 5.41) is 0. The highest BCUT2D eigenvalue weighted by Gasteiger charge is 2.23. The zero-order valence-electron chi connectivity index (χ0n) is 10.0. The molecule has 0 radical (unpaired) electrons. The van der Waals surface area contributed by atoms with Gasteiger partial charge in [-0.25, -0.2) is 0 Å². The Hall–Kier alpha value is -0.570. The molecule has 1 amide bonds. The molecular weight excluding hydrogens is 188 g/mol. The average molecular weight is 212 g/mol. The van der Waals surface area contributed by atoms with Crippen LogP contribution in [0.25, 0.3) is 0 Å². The van der Waals surface area contributed by atoms with E-state index >= 15 is 0 Å². The molecule has 1 rings (SSSR count). The Labute approximate surface area is 93.0 Å². The quantitative estimate of drug-likeness (QED) is 0.708. The highest BCUT2D eigenvalue weighted by atomic mass is 16.1. The zero-order valence-corrected chi connectivity index (χ0v) is 10.0. The van der Waals surface area contributed by atoms with Gasteiger partial charge in [0.25, 0.3) is 0 Å². The van der Waals surface area contributed by atoms with Crippen LogP contribution in [-0.4, -0.2) is 29.4 Å². The second-order valence-electron chi connectivity index (χ2n) is 4.79. The number of likely N-dealkylation sites (tertiary alicyclic amines) is 1. The highest BCUT2D eigenvalue weighted by Crippen LogP contribution is 2.22. The van der Waals surface area contributed by atoms with Gasteiger partial charge in [-0.2, -0.15) is 0 Å². The van der Waals surface area contributed by atoms with Gasteiger partial charge >= 0.3 is 0 Å². The Morgan fingerprint density at radius 2 is 1.87 bits per heavy atom. The van der Waals surface area contributed by atoms with Crippen molar-refractivity contribution in [1.29, 1.82) is 0 Å². The van der Waals surface area contributed by atoms with Crippen molar-refractivity contribution in [1.82, 2.24) is 4.90 Å². The Bertz CT molecular complexity index is 196. The first-order valence-corrected chi connectivity index (χ1v) is 6.15. The Balaban J connectivity index is 2.20. The molecule has 1 fully saturated rings. The lowest BCUT2D eigenvalue weighted by Gasteiger charge is -2.39. The molecule has 1 heterocycles. The fourth-order valence-corrected chi connectivity index (χ4v) is 2.51. The Morgan fingerprint density at radius 3 is 2.40 bits per heavy atom. The number of primary amides is 1. The van der Waals surface area contributed by atoms with Gasteiger partial charge in [0, 0.05) is 18.5 Å². The minimum absolute atomic E-state index is 0.172. The van der Waals surface area contributed by atoms with Crippen molar-refractivity contribution in [3.8, 4) is 0 Å². The molecule has 0 aliphatic carbocycles. The fraction of sp³-hybridized carbons (Fsp3) is 0.917. The lowest BCUT2D eigenvalue weighted by Crippen LogP contribution is -2.44. The highest BCUT2D eigenvalue weighted by molar-refractivity contribution is 5.73. The van der Waals surface area contributed by atoms with E-state index < -0.39 is 0 Å². The third-order valence-electron chi connectivity index (χ3n) is 3.47. The van der Waals surface area contributed by atoms with E-state index in [0.717, 1.165) is 19.4 Å². The molecule has 0 aromatic carbocycles. The predicted octanol–water partition coefficient (Wildman–Crippen LogP) is 1.90. The van der Waals surface area contributed by atoms with Gasteiger partial charge < -0.3 is 5.73 Å². The number of hydrogen-bond donors (Lipinski definition) is 1. The number of carbonyl (C=O) groups excluding carboxylic acids is 1. The van der Waals surface area contributed by atoms with Crippen molar-refractivity contribution >= 4 is 5.91 Å². The number of rotatable bonds is 5. The van der Waals surface area contributed by atoms with E-state index in [-0.39, 0.29) is 5.91 Å². The number of nitrogens with two attached hydrogens (primary N) is 1. The van der Waals surface area contributed by atoms with Crippen molar-refractivity contribution in [3.05, 3.63) is 0 Å². The molecule has 1 saturated heterocycles. The molecule has 0 spiro atoms. The molecule has 15 heavy (non-hydrogen) atoms. The summed E-state index contributed by atoms with van der Waals surface area (Å²) < 4.78 is 0. The van der Waals surface area contributed by atoms with Crippen LogP contribution in [0, 0.1) is 0 Å². The molecule has 2 atom stereocenters. The van der Waals surface area contributed by atoms with E-state index in [1.165, 1.54) is 19.3 Å². The smallest absolute Gasteiger partial charge is 0.217 e. The van der Waals surface area contributed by atoms with E-state index in [2.05, 4.69) is 18.7 Å². The maximum Gasteiger partial charge on any atom is 0.217 e. The third kappa shape index (κ3) is 4.20. The van der Waals surface area contributed by atoms with Gasteiger partial charge in [0.05, 0.1) is 0 Å². The molecule has 1 aliphatic heterocycles. The Morgan fingerprint density at radius 1 is 1.27 bits per heavy atom. The molecule has 0 aromatic rings. The molecule has 3 heteroatoms. The maximum absolute atomic E-state index is 10.6. The second kappa shape index (κ2) is 6.11. The number of unbranched alkanes of at least 4 members (excludes halogenated alkanes) is 1. The van der Waals surface area contributed by atoms with Gasteiger partial charge in [-0.3, -0.25) is 9.69 Å². The molecule has 2 unspecified atom stereocenters. The van der Waals surface area contributed by atoms with E-state index in [9.17, 15) is 4.79 Å². The van der Waals surface area contributed by atoms with Gasteiger partial charge in [-0.05, 0) is 46.1 Å². The summed E-state index contributed by atoms with van der Waals surface area (Å²) in [4.78, 5) is 13.2. The van der Waals surface area contributed by atoms with Crippen LogP contribution in [0.3, 0.4) is 0 Å². The van der Waals surface area contributed by atoms with Gasteiger partial charge in [-0.15, -0.1) is 0 Å². The topological polar surface area (TPSA) is 46.3 Å². The fourth-order valence-electron chi connectivity index (χ4n) is 2.51. The van der Waals surface area contributed by atoms with E-state index in [1.807, 2.05) is 0 Å². The van der Waals surface area contributed by atoms with Crippen LogP contribution in [-0.2, 0) is 4.79 Å². The monoisotopic (exact) mass is 212 g/mol. The van der Waals surface area contributed by atoms with Crippen LogP contribution in [0.4, 0.5) is 0 Å². The van der Waals surface area contributed by atoms with Crippen molar-refractivity contribution < 1.29 is 4.79 Å². The summed E-state index contributed by atoms with van der Waals surface area (Å²) in [5.41, 5.74) is 5.11. The first kappa shape index (κ1) is 12.5. The standard InChI is InChI=1S/C12H24N2O/c1-10-6-5-7-11(2)14(10)9-4-3-8-12(13)15/h10-11H,3-9H2,1-2H3,(H2,13,15). The van der Waals surface area contributed by atoms with Crippen LogP contribution < -0.4 is 5.73 Å². The molecule has 88 valence electrons.